The lowest BCUT2D eigenvalue weighted by atomic mass is 10.1. The molecule has 2 atom stereocenters. The van der Waals surface area contributed by atoms with Gasteiger partial charge in [0.25, 0.3) is 11.8 Å². The molecule has 1 aliphatic rings. The number of hydrogen-bond donors (Lipinski definition) is 4. The first-order valence-electron chi connectivity index (χ1n) is 17.1. The van der Waals surface area contributed by atoms with Gasteiger partial charge in [-0.3, -0.25) is 19.3 Å². The lowest BCUT2D eigenvalue weighted by molar-refractivity contribution is 0.0266. The van der Waals surface area contributed by atoms with Crippen LogP contribution in [0.1, 0.15) is 45.7 Å². The predicted molar refractivity (Wildman–Crippen MR) is 208 cm³/mol. The van der Waals surface area contributed by atoms with Gasteiger partial charge in [0.05, 0.1) is 35.7 Å². The van der Waals surface area contributed by atoms with Crippen molar-refractivity contribution in [3.05, 3.63) is 95.3 Å². The normalized spacial score (nSPS) is 15.1. The fourth-order valence-electron chi connectivity index (χ4n) is 6.49. The minimum Gasteiger partial charge on any atom is -0.339 e. The minimum absolute atomic E-state index is 0.0426. The van der Waals surface area contributed by atoms with Crippen molar-refractivity contribution in [2.24, 2.45) is 20.0 Å². The van der Waals surface area contributed by atoms with Crippen molar-refractivity contribution in [1.29, 1.82) is 0 Å². The fourth-order valence-corrected chi connectivity index (χ4v) is 7.34. The van der Waals surface area contributed by atoms with Crippen LogP contribution in [-0.4, -0.2) is 56.6 Å². The van der Waals surface area contributed by atoms with E-state index in [-0.39, 0.29) is 47.6 Å². The number of aromatic nitrogens is 4. The molecule has 2 amide bonds. The van der Waals surface area contributed by atoms with E-state index in [9.17, 15) is 14.0 Å². The Morgan fingerprint density at radius 2 is 1.39 bits per heavy atom. The first-order chi connectivity index (χ1) is 26.1. The summed E-state index contributed by atoms with van der Waals surface area (Å²) >= 11 is 2.86. The third kappa shape index (κ3) is 7.21. The molecular formula is C38H38F2N8O4S2. The number of halogens is 2. The molecule has 0 aliphatic heterocycles. The summed E-state index contributed by atoms with van der Waals surface area (Å²) in [6.45, 7) is 2.24. The molecule has 1 fully saturated rings. The van der Waals surface area contributed by atoms with Crippen molar-refractivity contribution < 1.29 is 28.0 Å². The van der Waals surface area contributed by atoms with E-state index >= 15 is 4.39 Å². The number of benzene rings is 2. The number of nitrogens with zero attached hydrogens (tertiary/aromatic N) is 4. The Bertz CT molecular complexity index is 2400. The number of carbonyl (C=O) groups excluding carboxylic acids is 2. The molecule has 0 bridgehead atoms. The largest absolute Gasteiger partial charge is 0.339 e. The number of aryl methyl sites for hydroxylation is 2. The molecule has 4 aromatic heterocycles. The van der Waals surface area contributed by atoms with Crippen LogP contribution in [0.3, 0.4) is 0 Å². The van der Waals surface area contributed by atoms with E-state index in [2.05, 4.69) is 26.6 Å². The maximum atomic E-state index is 15.0. The summed E-state index contributed by atoms with van der Waals surface area (Å²) in [5.74, 6) is -1.06. The lowest BCUT2D eigenvalue weighted by Gasteiger charge is -2.12. The quantitative estimate of drug-likeness (QED) is 0.0641. The third-order valence-corrected chi connectivity index (χ3v) is 10.8. The summed E-state index contributed by atoms with van der Waals surface area (Å²) in [4.78, 5) is 48.8. The molecule has 0 spiro atoms. The molecule has 6 aromatic rings. The number of anilines is 4. The zero-order valence-electron chi connectivity index (χ0n) is 30.1. The van der Waals surface area contributed by atoms with Crippen molar-refractivity contribution in [2.75, 3.05) is 36.4 Å². The van der Waals surface area contributed by atoms with Gasteiger partial charge >= 0.3 is 0 Å². The number of pyridine rings is 2. The summed E-state index contributed by atoms with van der Waals surface area (Å²) in [7, 11) is 3.51. The number of hydrogen-bond acceptors (Lipinski definition) is 10. The van der Waals surface area contributed by atoms with Gasteiger partial charge < -0.3 is 19.8 Å². The number of nitrogens with one attached hydrogen (secondary N) is 4. The number of fused-ring (bicyclic) bond motifs is 2. The van der Waals surface area contributed by atoms with Gasteiger partial charge in [-0.05, 0) is 92.4 Å². The smallest absolute Gasteiger partial charge is 0.279 e. The standard InChI is InChI=1S/C38H38F2N8O4S2/c1-6-51-45-37(49)32-24-11-14-28(42-34(24)48(3)36(32)44-30-13-10-22(54-5)18-27(30)40)25-16-20(25)19-52-46-38(50)31-23-8-7-15-41-33(23)47(2)35(31)43-29-12-9-21(53-4)17-26(29)39/h7-15,17-18,20,25,43-44H,6,16,19H2,1-5H3,(H,45,49)(H,46,50). The molecule has 54 heavy (non-hydrogen) atoms. The van der Waals surface area contributed by atoms with Gasteiger partial charge in [-0.25, -0.2) is 29.7 Å². The van der Waals surface area contributed by atoms with Crippen LogP contribution in [0.5, 0.6) is 0 Å². The van der Waals surface area contributed by atoms with Gasteiger partial charge in [-0.2, -0.15) is 0 Å². The van der Waals surface area contributed by atoms with E-state index in [1.165, 1.54) is 35.7 Å². The molecule has 7 rings (SSSR count). The van der Waals surface area contributed by atoms with Crippen LogP contribution in [0.2, 0.25) is 0 Å². The second-order valence-electron chi connectivity index (χ2n) is 12.7. The van der Waals surface area contributed by atoms with E-state index in [1.54, 1.807) is 72.7 Å². The lowest BCUT2D eigenvalue weighted by Crippen LogP contribution is -2.25. The van der Waals surface area contributed by atoms with Crippen LogP contribution in [0.4, 0.5) is 31.8 Å². The van der Waals surface area contributed by atoms with E-state index in [4.69, 9.17) is 14.7 Å². The first-order valence-corrected chi connectivity index (χ1v) is 19.6. The number of thioether (sulfide) groups is 2. The van der Waals surface area contributed by atoms with Gasteiger partial charge in [0.2, 0.25) is 0 Å². The van der Waals surface area contributed by atoms with Crippen molar-refractivity contribution in [3.8, 4) is 0 Å². The van der Waals surface area contributed by atoms with Crippen LogP contribution in [0.25, 0.3) is 22.1 Å². The molecule has 12 nitrogen and oxygen atoms in total. The van der Waals surface area contributed by atoms with E-state index < -0.39 is 23.4 Å². The highest BCUT2D eigenvalue weighted by Crippen LogP contribution is 2.47. The van der Waals surface area contributed by atoms with E-state index in [1.807, 2.05) is 24.6 Å². The van der Waals surface area contributed by atoms with Crippen molar-refractivity contribution in [3.63, 3.8) is 0 Å². The Hall–Kier alpha value is -5.16. The molecule has 2 aromatic carbocycles. The second kappa shape index (κ2) is 15.7. The van der Waals surface area contributed by atoms with Crippen molar-refractivity contribution >= 4 is 80.4 Å². The van der Waals surface area contributed by atoms with Crippen LogP contribution in [-0.2, 0) is 23.8 Å². The maximum Gasteiger partial charge on any atom is 0.279 e. The molecule has 2 unspecified atom stereocenters. The Labute approximate surface area is 318 Å². The highest BCUT2D eigenvalue weighted by atomic mass is 32.2. The summed E-state index contributed by atoms with van der Waals surface area (Å²) in [6, 6.07) is 17.0. The summed E-state index contributed by atoms with van der Waals surface area (Å²) in [5.41, 5.74) is 7.88. The predicted octanol–water partition coefficient (Wildman–Crippen LogP) is 7.82. The number of rotatable bonds is 14. The zero-order chi connectivity index (χ0) is 38.1. The van der Waals surface area contributed by atoms with Crippen LogP contribution >= 0.6 is 23.5 Å². The molecule has 16 heteroatoms. The van der Waals surface area contributed by atoms with Gasteiger partial charge in [-0.15, -0.1) is 23.5 Å². The van der Waals surface area contributed by atoms with Crippen molar-refractivity contribution in [1.82, 2.24) is 30.1 Å². The number of hydroxylamine groups is 2. The van der Waals surface area contributed by atoms with Crippen LogP contribution in [0.15, 0.2) is 76.7 Å². The molecule has 4 heterocycles. The minimum atomic E-state index is -0.504. The highest BCUT2D eigenvalue weighted by Gasteiger charge is 2.40. The van der Waals surface area contributed by atoms with Crippen molar-refractivity contribution in [2.45, 2.75) is 29.1 Å². The Kier molecular flexibility index (Phi) is 10.8. The average Bonchev–Trinajstić information content (AvgIpc) is 3.83. The van der Waals surface area contributed by atoms with Gasteiger partial charge in [0, 0.05) is 52.5 Å². The fraction of sp³-hybridized carbons (Fsp3) is 0.263. The third-order valence-electron chi connectivity index (χ3n) is 9.39. The molecule has 280 valence electrons. The number of amides is 2. The summed E-state index contributed by atoms with van der Waals surface area (Å²) in [5, 5.41) is 7.34. The summed E-state index contributed by atoms with van der Waals surface area (Å²) < 4.78 is 33.5. The second-order valence-corrected chi connectivity index (χ2v) is 14.5. The average molecular weight is 773 g/mol. The first kappa shape index (κ1) is 37.2. The van der Waals surface area contributed by atoms with E-state index in [0.29, 0.717) is 33.7 Å². The topological polar surface area (TPSA) is 136 Å². The zero-order valence-corrected chi connectivity index (χ0v) is 31.8. The molecule has 1 aliphatic carbocycles. The van der Waals surface area contributed by atoms with Gasteiger partial charge in [-0.1, -0.05) is 0 Å². The molecule has 1 saturated carbocycles. The van der Waals surface area contributed by atoms with Crippen LogP contribution < -0.4 is 21.6 Å². The van der Waals surface area contributed by atoms with Gasteiger partial charge in [0.1, 0.15) is 34.6 Å². The monoisotopic (exact) mass is 772 g/mol. The highest BCUT2D eigenvalue weighted by molar-refractivity contribution is 7.98. The maximum absolute atomic E-state index is 15.0. The Morgan fingerprint density at radius 1 is 0.815 bits per heavy atom. The molecule has 0 saturated heterocycles. The van der Waals surface area contributed by atoms with Crippen LogP contribution in [0, 0.1) is 17.6 Å². The Morgan fingerprint density at radius 3 is 1.96 bits per heavy atom. The van der Waals surface area contributed by atoms with E-state index in [0.717, 1.165) is 21.9 Å². The Balaban J connectivity index is 1.08. The molecular weight excluding hydrogens is 735 g/mol. The number of carbonyl (C=O) groups is 2. The SMILES string of the molecule is CCONC(=O)c1c(Nc2ccc(SC)cc2F)n(C)c2nc(C3CC3CONC(=O)c3c(Nc4ccc(SC)cc4F)n(C)c4ncccc34)ccc12. The molecule has 0 radical (unpaired) electrons. The van der Waals surface area contributed by atoms with Gasteiger partial charge in [0.15, 0.2) is 0 Å². The summed E-state index contributed by atoms with van der Waals surface area (Å²) in [6.07, 6.45) is 6.14. The molecule has 4 N–H and O–H groups in total.